The van der Waals surface area contributed by atoms with Gasteiger partial charge in [0, 0.05) is 37.7 Å². The third kappa shape index (κ3) is 4.00. The van der Waals surface area contributed by atoms with Crippen LogP contribution in [0, 0.1) is 5.92 Å². The van der Waals surface area contributed by atoms with Crippen LogP contribution >= 0.6 is 0 Å². The topological polar surface area (TPSA) is 63.0 Å². The molecule has 0 saturated heterocycles. The Bertz CT molecular complexity index is 819. The lowest BCUT2D eigenvalue weighted by Gasteiger charge is -2.16. The fourth-order valence-electron chi connectivity index (χ4n) is 3.78. The van der Waals surface area contributed by atoms with Gasteiger partial charge in [-0.1, -0.05) is 30.3 Å². The van der Waals surface area contributed by atoms with Crippen molar-refractivity contribution in [3.63, 3.8) is 0 Å². The Kier molecular flexibility index (Phi) is 5.09. The SMILES string of the molecule is O[C@@H]1CC(Cn2cccn2)C[C@H]1NCc1cc(-c2ccccc2)ccn1. The highest BCUT2D eigenvalue weighted by Crippen LogP contribution is 2.28. The summed E-state index contributed by atoms with van der Waals surface area (Å²) in [5.41, 5.74) is 3.35. The first kappa shape index (κ1) is 16.9. The van der Waals surface area contributed by atoms with Crippen LogP contribution in [0.3, 0.4) is 0 Å². The lowest BCUT2D eigenvalue weighted by atomic mass is 10.1. The van der Waals surface area contributed by atoms with Crippen LogP contribution in [0.4, 0.5) is 0 Å². The van der Waals surface area contributed by atoms with Gasteiger partial charge in [-0.25, -0.2) is 0 Å². The molecule has 1 aliphatic carbocycles. The van der Waals surface area contributed by atoms with E-state index in [1.807, 2.05) is 47.4 Å². The third-order valence-electron chi connectivity index (χ3n) is 5.10. The predicted molar refractivity (Wildman–Crippen MR) is 101 cm³/mol. The molecule has 3 atom stereocenters. The normalized spacial score (nSPS) is 22.6. The van der Waals surface area contributed by atoms with E-state index in [0.29, 0.717) is 12.5 Å². The Labute approximate surface area is 153 Å². The molecule has 2 aromatic heterocycles. The monoisotopic (exact) mass is 348 g/mol. The highest BCUT2D eigenvalue weighted by Gasteiger charge is 2.32. The highest BCUT2D eigenvalue weighted by molar-refractivity contribution is 5.63. The molecule has 2 N–H and O–H groups in total. The van der Waals surface area contributed by atoms with Crippen molar-refractivity contribution in [2.45, 2.75) is 38.1 Å². The minimum absolute atomic E-state index is 0.109. The van der Waals surface area contributed by atoms with Crippen LogP contribution in [-0.2, 0) is 13.1 Å². The number of benzene rings is 1. The average Bonchev–Trinajstić information content (AvgIpc) is 3.31. The Morgan fingerprint density at radius 2 is 1.92 bits per heavy atom. The van der Waals surface area contributed by atoms with Gasteiger partial charge in [-0.3, -0.25) is 9.67 Å². The van der Waals surface area contributed by atoms with Gasteiger partial charge in [-0.05, 0) is 48.1 Å². The Hall–Kier alpha value is -2.50. The molecular formula is C21H24N4O. The van der Waals surface area contributed by atoms with Crippen LogP contribution in [0.2, 0.25) is 0 Å². The van der Waals surface area contributed by atoms with Gasteiger partial charge in [0.1, 0.15) is 0 Å². The molecule has 1 fully saturated rings. The van der Waals surface area contributed by atoms with Gasteiger partial charge in [0.15, 0.2) is 0 Å². The molecule has 5 nitrogen and oxygen atoms in total. The summed E-state index contributed by atoms with van der Waals surface area (Å²) in [5, 5.41) is 18.1. The lowest BCUT2D eigenvalue weighted by Crippen LogP contribution is -2.35. The first-order valence-electron chi connectivity index (χ1n) is 9.17. The smallest absolute Gasteiger partial charge is 0.0696 e. The summed E-state index contributed by atoms with van der Waals surface area (Å²) in [5.74, 6) is 0.450. The van der Waals surface area contributed by atoms with Crippen LogP contribution in [0.25, 0.3) is 11.1 Å². The molecule has 0 aliphatic heterocycles. The fourth-order valence-corrected chi connectivity index (χ4v) is 3.78. The van der Waals surface area contributed by atoms with Crippen LogP contribution < -0.4 is 5.32 Å². The van der Waals surface area contributed by atoms with E-state index in [-0.39, 0.29) is 12.1 Å². The maximum absolute atomic E-state index is 10.4. The number of rotatable bonds is 6. The lowest BCUT2D eigenvalue weighted by molar-refractivity contribution is 0.145. The standard InChI is InChI=1S/C21H24N4O/c26-21-12-16(15-25-10-4-8-24-25)11-20(21)23-14-19-13-18(7-9-22-19)17-5-2-1-3-6-17/h1-10,13,16,20-21,23,26H,11-12,14-15H2/t16?,20-,21-/m1/s1. The molecule has 5 heteroatoms. The molecule has 0 bridgehead atoms. The number of aliphatic hydroxyl groups is 1. The zero-order chi connectivity index (χ0) is 17.8. The predicted octanol–water partition coefficient (Wildman–Crippen LogP) is 2.87. The number of nitrogens with zero attached hydrogens (tertiary/aromatic N) is 3. The number of aromatic nitrogens is 3. The number of aliphatic hydroxyl groups excluding tert-OH is 1. The molecule has 3 aromatic rings. The molecule has 134 valence electrons. The van der Waals surface area contributed by atoms with Gasteiger partial charge in [0.05, 0.1) is 11.8 Å². The summed E-state index contributed by atoms with van der Waals surface area (Å²) in [6.07, 6.45) is 7.09. The molecule has 26 heavy (non-hydrogen) atoms. The molecule has 0 amide bonds. The first-order chi connectivity index (χ1) is 12.8. The van der Waals surface area contributed by atoms with Gasteiger partial charge >= 0.3 is 0 Å². The minimum Gasteiger partial charge on any atom is -0.391 e. The van der Waals surface area contributed by atoms with E-state index < -0.39 is 0 Å². The van der Waals surface area contributed by atoms with E-state index in [0.717, 1.165) is 25.1 Å². The van der Waals surface area contributed by atoms with E-state index in [1.54, 1.807) is 6.20 Å². The Morgan fingerprint density at radius 3 is 2.73 bits per heavy atom. The highest BCUT2D eigenvalue weighted by atomic mass is 16.3. The molecule has 2 heterocycles. The summed E-state index contributed by atoms with van der Waals surface area (Å²) in [6.45, 7) is 1.53. The quantitative estimate of drug-likeness (QED) is 0.719. The molecule has 4 rings (SSSR count). The second-order valence-electron chi connectivity index (χ2n) is 7.02. The maximum Gasteiger partial charge on any atom is 0.0696 e. The van der Waals surface area contributed by atoms with Crippen molar-refractivity contribution in [1.82, 2.24) is 20.1 Å². The third-order valence-corrected chi connectivity index (χ3v) is 5.10. The number of nitrogens with one attached hydrogen (secondary N) is 1. The molecular weight excluding hydrogens is 324 g/mol. The summed E-state index contributed by atoms with van der Waals surface area (Å²) in [7, 11) is 0. The maximum atomic E-state index is 10.4. The van der Waals surface area contributed by atoms with Crippen LogP contribution in [0.5, 0.6) is 0 Å². The van der Waals surface area contributed by atoms with Crippen molar-refractivity contribution in [2.75, 3.05) is 0 Å². The summed E-state index contributed by atoms with van der Waals surface area (Å²) in [4.78, 5) is 4.47. The van der Waals surface area contributed by atoms with Gasteiger partial charge in [-0.15, -0.1) is 0 Å². The van der Waals surface area contributed by atoms with Crippen molar-refractivity contribution in [3.8, 4) is 11.1 Å². The molecule has 1 unspecified atom stereocenters. The molecule has 1 saturated carbocycles. The van der Waals surface area contributed by atoms with Crippen LogP contribution in [-0.4, -0.2) is 32.0 Å². The van der Waals surface area contributed by atoms with Crippen LogP contribution in [0.15, 0.2) is 67.1 Å². The van der Waals surface area contributed by atoms with Crippen molar-refractivity contribution in [3.05, 3.63) is 72.8 Å². The summed E-state index contributed by atoms with van der Waals surface area (Å²) >= 11 is 0. The average molecular weight is 348 g/mol. The zero-order valence-electron chi connectivity index (χ0n) is 14.7. The second kappa shape index (κ2) is 7.81. The van der Waals surface area contributed by atoms with Crippen LogP contribution in [0.1, 0.15) is 18.5 Å². The number of pyridine rings is 1. The van der Waals surface area contributed by atoms with Gasteiger partial charge < -0.3 is 10.4 Å². The molecule has 1 aliphatic rings. The Balaban J connectivity index is 1.35. The van der Waals surface area contributed by atoms with E-state index >= 15 is 0 Å². The molecule has 1 aromatic carbocycles. The summed E-state index contributed by atoms with van der Waals surface area (Å²) < 4.78 is 1.95. The van der Waals surface area contributed by atoms with Crippen molar-refractivity contribution < 1.29 is 5.11 Å². The molecule has 0 radical (unpaired) electrons. The van der Waals surface area contributed by atoms with Crippen molar-refractivity contribution in [1.29, 1.82) is 0 Å². The van der Waals surface area contributed by atoms with Crippen molar-refractivity contribution in [2.24, 2.45) is 5.92 Å². The number of hydrogen-bond donors (Lipinski definition) is 2. The van der Waals surface area contributed by atoms with E-state index in [1.165, 1.54) is 11.1 Å². The first-order valence-corrected chi connectivity index (χ1v) is 9.17. The van der Waals surface area contributed by atoms with Gasteiger partial charge in [0.2, 0.25) is 0 Å². The molecule has 0 spiro atoms. The second-order valence-corrected chi connectivity index (χ2v) is 7.02. The largest absolute Gasteiger partial charge is 0.391 e. The Morgan fingerprint density at radius 1 is 1.04 bits per heavy atom. The zero-order valence-corrected chi connectivity index (χ0v) is 14.7. The van der Waals surface area contributed by atoms with Crippen molar-refractivity contribution >= 4 is 0 Å². The fraction of sp³-hybridized carbons (Fsp3) is 0.333. The van der Waals surface area contributed by atoms with E-state index in [4.69, 9.17) is 0 Å². The van der Waals surface area contributed by atoms with E-state index in [9.17, 15) is 5.11 Å². The summed E-state index contributed by atoms with van der Waals surface area (Å²) in [6, 6.07) is 16.5. The number of hydrogen-bond acceptors (Lipinski definition) is 4. The minimum atomic E-state index is -0.312. The van der Waals surface area contributed by atoms with Gasteiger partial charge in [-0.2, -0.15) is 5.10 Å². The van der Waals surface area contributed by atoms with Gasteiger partial charge in [0.25, 0.3) is 0 Å². The van der Waals surface area contributed by atoms with E-state index in [2.05, 4.69) is 33.6 Å².